The molecular formula is C22H26FNO4. The van der Waals surface area contributed by atoms with Gasteiger partial charge in [-0.2, -0.15) is 0 Å². The zero-order chi connectivity index (χ0) is 19.8. The van der Waals surface area contributed by atoms with Crippen molar-refractivity contribution in [3.8, 4) is 11.5 Å². The molecule has 1 heterocycles. The van der Waals surface area contributed by atoms with Gasteiger partial charge in [0.15, 0.2) is 0 Å². The summed E-state index contributed by atoms with van der Waals surface area (Å²) in [6.07, 6.45) is 2.34. The van der Waals surface area contributed by atoms with Crippen LogP contribution in [-0.2, 0) is 11.2 Å². The molecule has 1 fully saturated rings. The molecule has 2 aromatic carbocycles. The molecule has 150 valence electrons. The molecule has 1 saturated heterocycles. The lowest BCUT2D eigenvalue weighted by molar-refractivity contribution is -0.107. The van der Waals surface area contributed by atoms with E-state index in [-0.39, 0.29) is 18.5 Å². The minimum Gasteiger partial charge on any atom is -0.491 e. The van der Waals surface area contributed by atoms with Crippen LogP contribution in [-0.4, -0.2) is 54.7 Å². The van der Waals surface area contributed by atoms with Crippen molar-refractivity contribution < 1.29 is 23.8 Å². The van der Waals surface area contributed by atoms with E-state index in [0.29, 0.717) is 24.5 Å². The van der Waals surface area contributed by atoms with Crippen molar-refractivity contribution in [2.24, 2.45) is 0 Å². The first kappa shape index (κ1) is 20.3. The number of carbonyl (C=O) groups is 1. The van der Waals surface area contributed by atoms with Gasteiger partial charge in [0.25, 0.3) is 0 Å². The molecule has 5 nitrogen and oxygen atoms in total. The number of benzene rings is 2. The van der Waals surface area contributed by atoms with Crippen LogP contribution in [0.25, 0.3) is 0 Å². The van der Waals surface area contributed by atoms with Gasteiger partial charge in [-0.05, 0) is 43.2 Å². The van der Waals surface area contributed by atoms with Crippen LogP contribution in [0.2, 0.25) is 0 Å². The summed E-state index contributed by atoms with van der Waals surface area (Å²) in [5.41, 5.74) is 0.823. The standard InChI is InChI=1S/C22H26FNO4/c23-18-5-7-20(8-6-18)28-21-9-12-24(13-10-21)15-19(26)16-27-22-4-2-1-3-17(22)11-14-25/h1-8,14,19,21,26H,9-13,15-16H2. The Morgan fingerprint density at radius 1 is 1.14 bits per heavy atom. The van der Waals surface area contributed by atoms with Gasteiger partial charge in [-0.15, -0.1) is 0 Å². The highest BCUT2D eigenvalue weighted by Gasteiger charge is 2.22. The van der Waals surface area contributed by atoms with E-state index in [4.69, 9.17) is 9.47 Å². The summed E-state index contributed by atoms with van der Waals surface area (Å²) >= 11 is 0. The summed E-state index contributed by atoms with van der Waals surface area (Å²) in [4.78, 5) is 12.9. The molecular weight excluding hydrogens is 361 g/mol. The van der Waals surface area contributed by atoms with Gasteiger partial charge in [0.2, 0.25) is 0 Å². The van der Waals surface area contributed by atoms with Crippen molar-refractivity contribution >= 4 is 6.29 Å². The van der Waals surface area contributed by atoms with E-state index < -0.39 is 6.10 Å². The van der Waals surface area contributed by atoms with Crippen molar-refractivity contribution in [1.29, 1.82) is 0 Å². The number of carbonyl (C=O) groups excluding carboxylic acids is 1. The average Bonchev–Trinajstić information content (AvgIpc) is 2.71. The first-order valence-corrected chi connectivity index (χ1v) is 9.61. The first-order chi connectivity index (χ1) is 13.6. The normalized spacial score (nSPS) is 16.5. The number of nitrogens with zero attached hydrogens (tertiary/aromatic N) is 1. The Bertz CT molecular complexity index is 744. The minimum atomic E-state index is -0.612. The number of hydrogen-bond acceptors (Lipinski definition) is 5. The fourth-order valence-electron chi connectivity index (χ4n) is 3.36. The van der Waals surface area contributed by atoms with Crippen LogP contribution >= 0.6 is 0 Å². The fraction of sp³-hybridized carbons (Fsp3) is 0.409. The third kappa shape index (κ3) is 6.04. The Hall–Kier alpha value is -2.44. The lowest BCUT2D eigenvalue weighted by Gasteiger charge is -2.33. The quantitative estimate of drug-likeness (QED) is 0.671. The Morgan fingerprint density at radius 2 is 1.86 bits per heavy atom. The second-order valence-corrected chi connectivity index (χ2v) is 7.02. The fourth-order valence-corrected chi connectivity index (χ4v) is 3.36. The third-order valence-electron chi connectivity index (χ3n) is 4.83. The lowest BCUT2D eigenvalue weighted by Crippen LogP contribution is -2.43. The molecule has 0 aliphatic carbocycles. The summed E-state index contributed by atoms with van der Waals surface area (Å²) in [7, 11) is 0. The van der Waals surface area contributed by atoms with Gasteiger partial charge >= 0.3 is 0 Å². The average molecular weight is 387 g/mol. The number of ether oxygens (including phenoxy) is 2. The van der Waals surface area contributed by atoms with Crippen LogP contribution in [0.1, 0.15) is 18.4 Å². The van der Waals surface area contributed by atoms with Crippen LogP contribution in [0.15, 0.2) is 48.5 Å². The van der Waals surface area contributed by atoms with Crippen LogP contribution in [0.4, 0.5) is 4.39 Å². The topological polar surface area (TPSA) is 59.0 Å². The predicted octanol–water partition coefficient (Wildman–Crippen LogP) is 2.85. The molecule has 0 amide bonds. The highest BCUT2D eigenvalue weighted by molar-refractivity contribution is 5.57. The van der Waals surface area contributed by atoms with Crippen molar-refractivity contribution in [2.45, 2.75) is 31.5 Å². The number of aliphatic hydroxyl groups excluding tert-OH is 1. The molecule has 1 aliphatic heterocycles. The zero-order valence-electron chi connectivity index (χ0n) is 15.8. The molecule has 0 aromatic heterocycles. The predicted molar refractivity (Wildman–Crippen MR) is 104 cm³/mol. The van der Waals surface area contributed by atoms with Crippen LogP contribution in [0, 0.1) is 5.82 Å². The monoisotopic (exact) mass is 387 g/mol. The van der Waals surface area contributed by atoms with E-state index in [1.807, 2.05) is 24.3 Å². The Morgan fingerprint density at radius 3 is 2.57 bits per heavy atom. The van der Waals surface area contributed by atoms with Crippen LogP contribution < -0.4 is 9.47 Å². The van der Waals surface area contributed by atoms with Crippen LogP contribution in [0.3, 0.4) is 0 Å². The smallest absolute Gasteiger partial charge is 0.124 e. The largest absolute Gasteiger partial charge is 0.491 e. The summed E-state index contributed by atoms with van der Waals surface area (Å²) < 4.78 is 24.6. The Kier molecular flexibility index (Phi) is 7.39. The van der Waals surface area contributed by atoms with E-state index in [1.54, 1.807) is 12.1 Å². The van der Waals surface area contributed by atoms with Gasteiger partial charge in [0, 0.05) is 31.6 Å². The SMILES string of the molecule is O=CCc1ccccc1OCC(O)CN1CCC(Oc2ccc(F)cc2)CC1. The second-order valence-electron chi connectivity index (χ2n) is 7.02. The summed E-state index contributed by atoms with van der Waals surface area (Å²) in [6, 6.07) is 13.5. The number of rotatable bonds is 9. The first-order valence-electron chi connectivity index (χ1n) is 9.61. The van der Waals surface area contributed by atoms with E-state index in [0.717, 1.165) is 37.8 Å². The van der Waals surface area contributed by atoms with Gasteiger partial charge in [-0.25, -0.2) is 4.39 Å². The number of piperidine rings is 1. The van der Waals surface area contributed by atoms with Gasteiger partial charge in [-0.3, -0.25) is 0 Å². The number of hydrogen-bond donors (Lipinski definition) is 1. The van der Waals surface area contributed by atoms with Crippen molar-refractivity contribution in [1.82, 2.24) is 4.90 Å². The van der Waals surface area contributed by atoms with Crippen molar-refractivity contribution in [2.75, 3.05) is 26.2 Å². The summed E-state index contributed by atoms with van der Waals surface area (Å²) in [5.74, 6) is 1.05. The molecule has 1 unspecified atom stereocenters. The van der Waals surface area contributed by atoms with E-state index in [9.17, 15) is 14.3 Å². The van der Waals surface area contributed by atoms with Crippen LogP contribution in [0.5, 0.6) is 11.5 Å². The number of aldehydes is 1. The minimum absolute atomic E-state index is 0.102. The van der Waals surface area contributed by atoms with Gasteiger partial charge < -0.3 is 24.3 Å². The molecule has 28 heavy (non-hydrogen) atoms. The number of halogens is 1. The maximum Gasteiger partial charge on any atom is 0.124 e. The van der Waals surface area contributed by atoms with E-state index >= 15 is 0 Å². The summed E-state index contributed by atoms with van der Waals surface area (Å²) in [5, 5.41) is 10.3. The molecule has 0 radical (unpaired) electrons. The third-order valence-corrected chi connectivity index (χ3v) is 4.83. The molecule has 1 N–H and O–H groups in total. The molecule has 6 heteroatoms. The van der Waals surface area contributed by atoms with Crippen molar-refractivity contribution in [3.05, 3.63) is 59.9 Å². The highest BCUT2D eigenvalue weighted by Crippen LogP contribution is 2.20. The Labute approximate surface area is 164 Å². The molecule has 0 spiro atoms. The summed E-state index contributed by atoms with van der Waals surface area (Å²) in [6.45, 7) is 2.36. The molecule has 2 aromatic rings. The maximum atomic E-state index is 13.0. The number of para-hydroxylation sites is 1. The number of likely N-dealkylation sites (tertiary alicyclic amines) is 1. The maximum absolute atomic E-state index is 13.0. The number of β-amino-alcohol motifs (C(OH)–C–C–N with tert-alkyl or cyclic N) is 1. The molecule has 1 aliphatic rings. The molecule has 0 saturated carbocycles. The van der Waals surface area contributed by atoms with Crippen molar-refractivity contribution in [3.63, 3.8) is 0 Å². The van der Waals surface area contributed by atoms with Gasteiger partial charge in [-0.1, -0.05) is 18.2 Å². The molecule has 1 atom stereocenters. The Balaban J connectivity index is 1.39. The number of aliphatic hydroxyl groups is 1. The second kappa shape index (κ2) is 10.2. The lowest BCUT2D eigenvalue weighted by atomic mass is 10.1. The van der Waals surface area contributed by atoms with Gasteiger partial charge in [0.1, 0.15) is 42.4 Å². The van der Waals surface area contributed by atoms with E-state index in [2.05, 4.69) is 4.90 Å². The zero-order valence-corrected chi connectivity index (χ0v) is 15.8. The molecule has 3 rings (SSSR count). The highest BCUT2D eigenvalue weighted by atomic mass is 19.1. The van der Waals surface area contributed by atoms with E-state index in [1.165, 1.54) is 12.1 Å². The molecule has 0 bridgehead atoms. The van der Waals surface area contributed by atoms with Gasteiger partial charge in [0.05, 0.1) is 0 Å².